The van der Waals surface area contributed by atoms with Crippen molar-refractivity contribution in [2.24, 2.45) is 0 Å². The molecule has 0 radical (unpaired) electrons. The number of nitrogens with one attached hydrogen (secondary N) is 1. The number of nitriles is 1. The van der Waals surface area contributed by atoms with Gasteiger partial charge in [-0.1, -0.05) is 0 Å². The largest absolute Gasteiger partial charge is 0.487 e. The maximum atomic E-state index is 8.66. The van der Waals surface area contributed by atoms with Crippen molar-refractivity contribution >= 4 is 5.82 Å². The highest BCUT2D eigenvalue weighted by atomic mass is 16.5. The second kappa shape index (κ2) is 3.54. The van der Waals surface area contributed by atoms with Gasteiger partial charge in [-0.3, -0.25) is 0 Å². The SMILES string of the molecule is CNc1nc(C#N)ccc1OC1CC1. The zero-order valence-electron chi connectivity index (χ0n) is 7.95. The van der Waals surface area contributed by atoms with Gasteiger partial charge in [0.05, 0.1) is 6.10 Å². The van der Waals surface area contributed by atoms with E-state index in [1.54, 1.807) is 19.2 Å². The molecule has 0 aliphatic heterocycles. The second-order valence-corrected chi connectivity index (χ2v) is 3.22. The third-order valence-corrected chi connectivity index (χ3v) is 2.03. The smallest absolute Gasteiger partial charge is 0.169 e. The third kappa shape index (κ3) is 1.77. The lowest BCUT2D eigenvalue weighted by Gasteiger charge is -2.08. The van der Waals surface area contributed by atoms with E-state index >= 15 is 0 Å². The molecule has 4 nitrogen and oxygen atoms in total. The van der Waals surface area contributed by atoms with E-state index in [-0.39, 0.29) is 0 Å². The number of anilines is 1. The zero-order chi connectivity index (χ0) is 9.97. The molecule has 1 saturated carbocycles. The Morgan fingerprint density at radius 3 is 2.93 bits per heavy atom. The summed E-state index contributed by atoms with van der Waals surface area (Å²) in [6, 6.07) is 5.44. The van der Waals surface area contributed by atoms with Gasteiger partial charge in [0.1, 0.15) is 11.8 Å². The van der Waals surface area contributed by atoms with Crippen LogP contribution in [0.1, 0.15) is 18.5 Å². The molecule has 0 amide bonds. The standard InChI is InChI=1S/C10H11N3O/c1-12-10-9(14-8-3-4-8)5-2-7(6-11)13-10/h2,5,8H,3-4H2,1H3,(H,12,13). The van der Waals surface area contributed by atoms with Gasteiger partial charge in [0.15, 0.2) is 11.6 Å². The molecule has 0 saturated heterocycles. The highest BCUT2D eigenvalue weighted by Crippen LogP contribution is 2.30. The van der Waals surface area contributed by atoms with Crippen molar-refractivity contribution < 1.29 is 4.74 Å². The molecular weight excluding hydrogens is 178 g/mol. The van der Waals surface area contributed by atoms with E-state index in [0.29, 0.717) is 17.6 Å². The summed E-state index contributed by atoms with van der Waals surface area (Å²) >= 11 is 0. The van der Waals surface area contributed by atoms with Crippen LogP contribution in [-0.4, -0.2) is 18.1 Å². The number of pyridine rings is 1. The quantitative estimate of drug-likeness (QED) is 0.783. The first-order valence-electron chi connectivity index (χ1n) is 4.59. The number of aromatic nitrogens is 1. The van der Waals surface area contributed by atoms with E-state index in [9.17, 15) is 0 Å². The molecule has 1 N–H and O–H groups in total. The first-order chi connectivity index (χ1) is 6.83. The molecule has 1 aromatic heterocycles. The predicted octanol–water partition coefficient (Wildman–Crippen LogP) is 1.54. The van der Waals surface area contributed by atoms with Crippen molar-refractivity contribution in [1.82, 2.24) is 4.98 Å². The van der Waals surface area contributed by atoms with Gasteiger partial charge in [0.2, 0.25) is 0 Å². The summed E-state index contributed by atoms with van der Waals surface area (Å²) in [5.41, 5.74) is 0.400. The molecule has 0 spiro atoms. The molecule has 0 aromatic carbocycles. The van der Waals surface area contributed by atoms with Gasteiger partial charge in [-0.2, -0.15) is 5.26 Å². The molecule has 1 fully saturated rings. The maximum absolute atomic E-state index is 8.66. The first-order valence-corrected chi connectivity index (χ1v) is 4.59. The fourth-order valence-corrected chi connectivity index (χ4v) is 1.15. The van der Waals surface area contributed by atoms with Crippen LogP contribution in [0, 0.1) is 11.3 Å². The molecule has 4 heteroatoms. The summed E-state index contributed by atoms with van der Waals surface area (Å²) < 4.78 is 5.61. The Morgan fingerprint density at radius 2 is 2.36 bits per heavy atom. The Kier molecular flexibility index (Phi) is 2.23. The van der Waals surface area contributed by atoms with E-state index in [1.165, 1.54) is 0 Å². The van der Waals surface area contributed by atoms with Crippen LogP contribution in [0.3, 0.4) is 0 Å². The minimum atomic E-state index is 0.344. The van der Waals surface area contributed by atoms with Crippen LogP contribution in [0.2, 0.25) is 0 Å². The summed E-state index contributed by atoms with van der Waals surface area (Å²) in [6.45, 7) is 0. The van der Waals surface area contributed by atoms with E-state index in [4.69, 9.17) is 10.00 Å². The van der Waals surface area contributed by atoms with Gasteiger partial charge in [0, 0.05) is 7.05 Å². The van der Waals surface area contributed by atoms with Crippen molar-refractivity contribution in [1.29, 1.82) is 5.26 Å². The Balaban J connectivity index is 2.25. The topological polar surface area (TPSA) is 57.9 Å². The van der Waals surface area contributed by atoms with Gasteiger partial charge in [-0.25, -0.2) is 4.98 Å². The van der Waals surface area contributed by atoms with Crippen LogP contribution in [0.25, 0.3) is 0 Å². The lowest BCUT2D eigenvalue weighted by atomic mass is 10.3. The Labute approximate surface area is 82.5 Å². The summed E-state index contributed by atoms with van der Waals surface area (Å²) in [5.74, 6) is 1.37. The van der Waals surface area contributed by atoms with Crippen molar-refractivity contribution in [3.8, 4) is 11.8 Å². The van der Waals surface area contributed by atoms with E-state index in [0.717, 1.165) is 18.6 Å². The van der Waals surface area contributed by atoms with Crippen LogP contribution in [0.15, 0.2) is 12.1 Å². The van der Waals surface area contributed by atoms with Gasteiger partial charge >= 0.3 is 0 Å². The van der Waals surface area contributed by atoms with Gasteiger partial charge in [0.25, 0.3) is 0 Å². The molecule has 1 aliphatic carbocycles. The third-order valence-electron chi connectivity index (χ3n) is 2.03. The molecule has 0 bridgehead atoms. The molecule has 0 unspecified atom stereocenters. The fraction of sp³-hybridized carbons (Fsp3) is 0.400. The van der Waals surface area contributed by atoms with Gasteiger partial charge in [-0.05, 0) is 25.0 Å². The number of hydrogen-bond donors (Lipinski definition) is 1. The van der Waals surface area contributed by atoms with Crippen molar-refractivity contribution in [3.63, 3.8) is 0 Å². The van der Waals surface area contributed by atoms with Crippen LogP contribution >= 0.6 is 0 Å². The molecule has 1 aliphatic rings. The highest BCUT2D eigenvalue weighted by Gasteiger charge is 2.24. The number of nitrogens with zero attached hydrogens (tertiary/aromatic N) is 2. The number of rotatable bonds is 3. The zero-order valence-corrected chi connectivity index (χ0v) is 7.95. The Morgan fingerprint density at radius 1 is 1.57 bits per heavy atom. The molecule has 72 valence electrons. The fourth-order valence-electron chi connectivity index (χ4n) is 1.15. The van der Waals surface area contributed by atoms with Crippen LogP contribution in [0.5, 0.6) is 5.75 Å². The first kappa shape index (κ1) is 8.82. The normalized spacial score (nSPS) is 14.6. The second-order valence-electron chi connectivity index (χ2n) is 3.22. The Hall–Kier alpha value is -1.76. The van der Waals surface area contributed by atoms with Crippen molar-refractivity contribution in [2.75, 3.05) is 12.4 Å². The van der Waals surface area contributed by atoms with Crippen LogP contribution in [-0.2, 0) is 0 Å². The van der Waals surface area contributed by atoms with E-state index < -0.39 is 0 Å². The molecule has 0 atom stereocenters. The summed E-state index contributed by atoms with van der Waals surface area (Å²) in [5, 5.41) is 11.6. The minimum absolute atomic E-state index is 0.344. The lowest BCUT2D eigenvalue weighted by molar-refractivity contribution is 0.303. The van der Waals surface area contributed by atoms with Crippen LogP contribution in [0.4, 0.5) is 5.82 Å². The number of hydrogen-bond acceptors (Lipinski definition) is 4. The van der Waals surface area contributed by atoms with Crippen molar-refractivity contribution in [3.05, 3.63) is 17.8 Å². The molecule has 1 heterocycles. The average Bonchev–Trinajstić information content (AvgIpc) is 3.02. The average molecular weight is 189 g/mol. The number of ether oxygens (including phenoxy) is 1. The molecule has 14 heavy (non-hydrogen) atoms. The van der Waals surface area contributed by atoms with Gasteiger partial charge < -0.3 is 10.1 Å². The minimum Gasteiger partial charge on any atom is -0.487 e. The summed E-state index contributed by atoms with van der Waals surface area (Å²) in [6.07, 6.45) is 2.57. The molecular formula is C10H11N3O. The van der Waals surface area contributed by atoms with Crippen LogP contribution < -0.4 is 10.1 Å². The highest BCUT2D eigenvalue weighted by molar-refractivity contribution is 5.51. The van der Waals surface area contributed by atoms with Gasteiger partial charge in [-0.15, -0.1) is 0 Å². The Bertz CT molecular complexity index is 379. The molecule has 1 aromatic rings. The van der Waals surface area contributed by atoms with E-state index in [2.05, 4.69) is 10.3 Å². The predicted molar refractivity (Wildman–Crippen MR) is 52.1 cm³/mol. The monoisotopic (exact) mass is 189 g/mol. The molecule has 2 rings (SSSR count). The van der Waals surface area contributed by atoms with Crippen molar-refractivity contribution in [2.45, 2.75) is 18.9 Å². The lowest BCUT2D eigenvalue weighted by Crippen LogP contribution is -2.02. The summed E-state index contributed by atoms with van der Waals surface area (Å²) in [4.78, 5) is 4.09. The van der Waals surface area contributed by atoms with E-state index in [1.807, 2.05) is 6.07 Å². The summed E-state index contributed by atoms with van der Waals surface area (Å²) in [7, 11) is 1.77. The maximum Gasteiger partial charge on any atom is 0.169 e.